The van der Waals surface area contributed by atoms with Crippen molar-refractivity contribution in [3.8, 4) is 5.75 Å². The molecule has 2 heterocycles. The second-order valence-electron chi connectivity index (χ2n) is 7.77. The Kier molecular flexibility index (Phi) is 8.12. The van der Waals surface area contributed by atoms with E-state index < -0.39 is 0 Å². The first-order valence-electron chi connectivity index (χ1n) is 11.0. The van der Waals surface area contributed by atoms with Gasteiger partial charge in [0.05, 0.1) is 34.8 Å². The van der Waals surface area contributed by atoms with E-state index in [1.807, 2.05) is 31.2 Å². The van der Waals surface area contributed by atoms with Gasteiger partial charge in [-0.05, 0) is 64.3 Å². The van der Waals surface area contributed by atoms with Gasteiger partial charge in [-0.3, -0.25) is 9.59 Å². The predicted molar refractivity (Wildman–Crippen MR) is 138 cm³/mol. The Morgan fingerprint density at radius 1 is 1.21 bits per heavy atom. The highest BCUT2D eigenvalue weighted by Gasteiger charge is 2.17. The molecule has 8 nitrogen and oxygen atoms in total. The van der Waals surface area contributed by atoms with Crippen LogP contribution in [0.3, 0.4) is 0 Å². The number of ether oxygens (including phenoxy) is 2. The maximum atomic E-state index is 13.1. The van der Waals surface area contributed by atoms with Crippen molar-refractivity contribution in [3.63, 3.8) is 0 Å². The van der Waals surface area contributed by atoms with Gasteiger partial charge in [-0.2, -0.15) is 9.78 Å². The number of aryl methyl sites for hydroxylation is 1. The molecule has 0 atom stereocenters. The Morgan fingerprint density at radius 2 is 2.00 bits per heavy atom. The minimum absolute atomic E-state index is 0.0415. The Balaban J connectivity index is 1.53. The molecule has 1 amide bonds. The van der Waals surface area contributed by atoms with Crippen LogP contribution in [0.25, 0.3) is 10.9 Å². The smallest absolute Gasteiger partial charge is 0.282 e. The number of nitrogens with zero attached hydrogens (tertiary/aromatic N) is 4. The van der Waals surface area contributed by atoms with Gasteiger partial charge in [0.1, 0.15) is 11.6 Å². The van der Waals surface area contributed by atoms with Gasteiger partial charge >= 0.3 is 0 Å². The highest BCUT2D eigenvalue weighted by atomic mass is 79.9. The summed E-state index contributed by atoms with van der Waals surface area (Å²) in [4.78, 5) is 31.8. The van der Waals surface area contributed by atoms with Crippen molar-refractivity contribution in [2.75, 3.05) is 32.9 Å². The van der Waals surface area contributed by atoms with Crippen molar-refractivity contribution < 1.29 is 14.3 Å². The summed E-state index contributed by atoms with van der Waals surface area (Å²) in [5, 5.41) is 4.95. The van der Waals surface area contributed by atoms with E-state index in [-0.39, 0.29) is 18.1 Å². The summed E-state index contributed by atoms with van der Waals surface area (Å²) in [5.74, 6) is 1.10. The molecule has 10 heteroatoms. The van der Waals surface area contributed by atoms with Crippen LogP contribution in [0, 0.1) is 0 Å². The third-order valence-corrected chi connectivity index (χ3v) is 6.46. The average molecular weight is 592 g/mol. The van der Waals surface area contributed by atoms with Crippen LogP contribution < -0.4 is 10.3 Å². The summed E-state index contributed by atoms with van der Waals surface area (Å²) in [7, 11) is 0. The third-order valence-electron chi connectivity index (χ3n) is 5.34. The quantitative estimate of drug-likeness (QED) is 0.388. The van der Waals surface area contributed by atoms with E-state index in [9.17, 15) is 9.59 Å². The zero-order chi connectivity index (χ0) is 24.1. The molecule has 1 saturated heterocycles. The molecule has 0 aliphatic carbocycles. The zero-order valence-electron chi connectivity index (χ0n) is 18.7. The number of aromatic nitrogens is 2. The fraction of sp³-hybridized carbons (Fsp3) is 0.333. The Hall–Kier alpha value is -2.56. The molecule has 0 spiro atoms. The van der Waals surface area contributed by atoms with Crippen LogP contribution in [0.2, 0.25) is 0 Å². The lowest BCUT2D eigenvalue weighted by molar-refractivity contribution is -0.137. The van der Waals surface area contributed by atoms with Crippen molar-refractivity contribution in [3.05, 3.63) is 67.1 Å². The van der Waals surface area contributed by atoms with Crippen LogP contribution in [0.5, 0.6) is 5.75 Å². The molecule has 1 aromatic heterocycles. The van der Waals surface area contributed by atoms with Gasteiger partial charge < -0.3 is 14.4 Å². The largest absolute Gasteiger partial charge is 0.483 e. The van der Waals surface area contributed by atoms with Crippen LogP contribution in [-0.2, 0) is 16.0 Å². The minimum Gasteiger partial charge on any atom is -0.483 e. The summed E-state index contributed by atoms with van der Waals surface area (Å²) in [6.45, 7) is 4.26. The van der Waals surface area contributed by atoms with Gasteiger partial charge in [-0.25, -0.2) is 4.98 Å². The molecule has 3 aromatic rings. The number of morpholine rings is 1. The maximum Gasteiger partial charge on any atom is 0.282 e. The maximum absolute atomic E-state index is 13.1. The van der Waals surface area contributed by atoms with E-state index >= 15 is 0 Å². The second kappa shape index (κ2) is 11.2. The monoisotopic (exact) mass is 590 g/mol. The molecular formula is C24H24Br2N4O4. The molecule has 2 aromatic carbocycles. The number of halogens is 2. The fourth-order valence-electron chi connectivity index (χ4n) is 3.58. The van der Waals surface area contributed by atoms with Gasteiger partial charge in [0.2, 0.25) is 0 Å². The molecular weight excluding hydrogens is 568 g/mol. The van der Waals surface area contributed by atoms with Crippen molar-refractivity contribution in [2.24, 2.45) is 5.10 Å². The molecule has 1 aliphatic rings. The lowest BCUT2D eigenvalue weighted by Crippen LogP contribution is -2.43. The van der Waals surface area contributed by atoms with Gasteiger partial charge in [0.15, 0.2) is 6.61 Å². The third kappa shape index (κ3) is 5.73. The van der Waals surface area contributed by atoms with Crippen LogP contribution in [0.4, 0.5) is 0 Å². The van der Waals surface area contributed by atoms with E-state index in [1.54, 1.807) is 23.2 Å². The van der Waals surface area contributed by atoms with Crippen molar-refractivity contribution in [1.29, 1.82) is 0 Å². The van der Waals surface area contributed by atoms with E-state index in [4.69, 9.17) is 9.47 Å². The van der Waals surface area contributed by atoms with E-state index in [1.165, 1.54) is 4.68 Å². The molecule has 0 bridgehead atoms. The molecule has 0 saturated carbocycles. The number of hydrogen-bond donors (Lipinski definition) is 0. The number of benzene rings is 2. The van der Waals surface area contributed by atoms with Gasteiger partial charge in [0, 0.05) is 24.0 Å². The Morgan fingerprint density at radius 3 is 2.74 bits per heavy atom. The number of carbonyl (C=O) groups is 1. The predicted octanol–water partition coefficient (Wildman–Crippen LogP) is 3.99. The first-order valence-corrected chi connectivity index (χ1v) is 12.6. The molecule has 0 unspecified atom stereocenters. The zero-order valence-corrected chi connectivity index (χ0v) is 21.8. The minimum atomic E-state index is -0.216. The number of hydrogen-bond acceptors (Lipinski definition) is 6. The topological polar surface area (TPSA) is 86.0 Å². The fourth-order valence-corrected chi connectivity index (χ4v) is 4.45. The van der Waals surface area contributed by atoms with Crippen LogP contribution in [-0.4, -0.2) is 59.6 Å². The second-order valence-corrected chi connectivity index (χ2v) is 9.54. The van der Waals surface area contributed by atoms with Crippen LogP contribution >= 0.6 is 31.9 Å². The summed E-state index contributed by atoms with van der Waals surface area (Å²) >= 11 is 6.91. The summed E-state index contributed by atoms with van der Waals surface area (Å²) in [6.07, 6.45) is 3.08. The lowest BCUT2D eigenvalue weighted by atomic mass is 10.2. The van der Waals surface area contributed by atoms with Gasteiger partial charge in [0.25, 0.3) is 11.5 Å². The number of amides is 1. The number of fused-ring (bicyclic) bond motifs is 1. The molecule has 1 aliphatic heterocycles. The summed E-state index contributed by atoms with van der Waals surface area (Å²) in [6, 6.07) is 10.9. The van der Waals surface area contributed by atoms with Crippen molar-refractivity contribution in [1.82, 2.24) is 14.6 Å². The Bertz CT molecular complexity index is 1290. The Labute approximate surface area is 213 Å². The average Bonchev–Trinajstić information content (AvgIpc) is 2.84. The SMILES string of the molecule is CCCc1nc2ccc(Br)cc2c(=O)n1N=Cc1ccc(OCC(=O)N2CCOCC2)c(Br)c1. The van der Waals surface area contributed by atoms with Crippen molar-refractivity contribution in [2.45, 2.75) is 19.8 Å². The van der Waals surface area contributed by atoms with E-state index in [0.29, 0.717) is 59.7 Å². The molecule has 4 rings (SSSR count). The van der Waals surface area contributed by atoms with Gasteiger partial charge in [-0.15, -0.1) is 0 Å². The molecule has 1 fully saturated rings. The first-order chi connectivity index (χ1) is 16.5. The number of rotatable bonds is 7. The first kappa shape index (κ1) is 24.6. The summed E-state index contributed by atoms with van der Waals surface area (Å²) < 4.78 is 13.8. The van der Waals surface area contributed by atoms with E-state index in [2.05, 4.69) is 41.9 Å². The molecule has 0 N–H and O–H groups in total. The van der Waals surface area contributed by atoms with Crippen molar-refractivity contribution >= 4 is 54.9 Å². The molecule has 178 valence electrons. The lowest BCUT2D eigenvalue weighted by Gasteiger charge is -2.26. The highest BCUT2D eigenvalue weighted by Crippen LogP contribution is 2.25. The highest BCUT2D eigenvalue weighted by molar-refractivity contribution is 9.10. The standard InChI is InChI=1S/C24H24Br2N4O4/c1-2-3-22-28-20-6-5-17(25)13-18(20)24(32)30(22)27-14-16-4-7-21(19(26)12-16)34-15-23(31)29-8-10-33-11-9-29/h4-7,12-14H,2-3,8-11,15H2,1H3. The molecule has 0 radical (unpaired) electrons. The summed E-state index contributed by atoms with van der Waals surface area (Å²) in [5.41, 5.74) is 1.20. The van der Waals surface area contributed by atoms with Gasteiger partial charge in [-0.1, -0.05) is 22.9 Å². The van der Waals surface area contributed by atoms with Crippen LogP contribution in [0.15, 0.2) is 55.2 Å². The van der Waals surface area contributed by atoms with E-state index in [0.717, 1.165) is 16.5 Å². The number of carbonyl (C=O) groups excluding carboxylic acids is 1. The van der Waals surface area contributed by atoms with Crippen LogP contribution in [0.1, 0.15) is 24.7 Å². The normalized spacial score (nSPS) is 14.1. The molecule has 34 heavy (non-hydrogen) atoms.